The number of rotatable bonds is 7. The summed E-state index contributed by atoms with van der Waals surface area (Å²) in [4.78, 5) is 12.0. The number of benzene rings is 2. The maximum Gasteiger partial charge on any atom is 0.358 e. The van der Waals surface area contributed by atoms with E-state index in [4.69, 9.17) is 32.7 Å². The molecule has 1 atom stereocenters. The summed E-state index contributed by atoms with van der Waals surface area (Å²) < 4.78 is 25.8. The van der Waals surface area contributed by atoms with Gasteiger partial charge in [-0.2, -0.15) is 5.10 Å². The van der Waals surface area contributed by atoms with Gasteiger partial charge in [0.2, 0.25) is 0 Å². The predicted molar refractivity (Wildman–Crippen MR) is 117 cm³/mol. The molecule has 1 aromatic heterocycles. The lowest BCUT2D eigenvalue weighted by atomic mass is 10.2. The number of hydrogen-bond donors (Lipinski definition) is 1. The molecule has 0 spiro atoms. The van der Waals surface area contributed by atoms with Crippen molar-refractivity contribution in [1.82, 2.24) is 9.78 Å². The third-order valence-electron chi connectivity index (χ3n) is 4.29. The summed E-state index contributed by atoms with van der Waals surface area (Å²) in [6.45, 7) is 3.92. The number of hydrogen-bond acceptors (Lipinski definition) is 5. The van der Waals surface area contributed by atoms with E-state index in [0.717, 1.165) is 0 Å². The van der Waals surface area contributed by atoms with Gasteiger partial charge in [-0.3, -0.25) is 4.68 Å². The molecule has 0 bridgehead atoms. The maximum absolute atomic E-state index is 13.3. The SMILES string of the molecule is CCOC(=O)c1cc(C)n(C(S)c2cc(Cl)ccc2OCc2ccc(F)cc2Cl)n1. The van der Waals surface area contributed by atoms with Gasteiger partial charge in [-0.05, 0) is 50.2 Å². The minimum atomic E-state index is -0.578. The van der Waals surface area contributed by atoms with Crippen molar-refractivity contribution in [2.75, 3.05) is 6.61 Å². The van der Waals surface area contributed by atoms with Crippen LogP contribution in [-0.2, 0) is 11.3 Å². The zero-order valence-corrected chi connectivity index (χ0v) is 18.6. The fraction of sp³-hybridized carbons (Fsp3) is 0.238. The van der Waals surface area contributed by atoms with Crippen LogP contribution in [0.3, 0.4) is 0 Å². The molecule has 0 aliphatic carbocycles. The number of carbonyl (C=O) groups is 1. The number of esters is 1. The summed E-state index contributed by atoms with van der Waals surface area (Å²) in [5, 5.41) is 4.51. The van der Waals surface area contributed by atoms with Crippen LogP contribution in [0.5, 0.6) is 5.75 Å². The van der Waals surface area contributed by atoms with Crippen LogP contribution in [0.25, 0.3) is 0 Å². The number of ether oxygens (including phenoxy) is 2. The van der Waals surface area contributed by atoms with Crippen LogP contribution in [0.2, 0.25) is 10.0 Å². The Balaban J connectivity index is 1.88. The van der Waals surface area contributed by atoms with Crippen molar-refractivity contribution >= 4 is 41.8 Å². The molecule has 30 heavy (non-hydrogen) atoms. The Morgan fingerprint density at radius 1 is 1.23 bits per heavy atom. The highest BCUT2D eigenvalue weighted by atomic mass is 35.5. The van der Waals surface area contributed by atoms with E-state index in [2.05, 4.69) is 17.7 Å². The van der Waals surface area contributed by atoms with E-state index in [1.807, 2.05) is 6.92 Å². The first-order chi connectivity index (χ1) is 14.3. The molecular weight excluding hydrogens is 450 g/mol. The summed E-state index contributed by atoms with van der Waals surface area (Å²) in [6.07, 6.45) is 0. The quantitative estimate of drug-likeness (QED) is 0.348. The average molecular weight is 469 g/mol. The minimum Gasteiger partial charge on any atom is -0.488 e. The van der Waals surface area contributed by atoms with Gasteiger partial charge >= 0.3 is 5.97 Å². The molecule has 158 valence electrons. The van der Waals surface area contributed by atoms with Crippen LogP contribution >= 0.6 is 35.8 Å². The molecule has 2 aromatic carbocycles. The summed E-state index contributed by atoms with van der Waals surface area (Å²) in [5.41, 5.74) is 2.18. The molecule has 1 unspecified atom stereocenters. The standard InChI is InChI=1S/C21H19Cl2FN2O3S/c1-3-28-21(27)18-8-12(2)26(25-18)20(30)16-9-14(22)5-7-19(16)29-11-13-4-6-15(24)10-17(13)23/h4-10,20,30H,3,11H2,1-2H3. The van der Waals surface area contributed by atoms with E-state index in [1.165, 1.54) is 12.1 Å². The lowest BCUT2D eigenvalue weighted by Crippen LogP contribution is -2.12. The van der Waals surface area contributed by atoms with Crippen molar-refractivity contribution in [3.05, 3.63) is 80.8 Å². The number of thiol groups is 1. The molecule has 0 fully saturated rings. The van der Waals surface area contributed by atoms with Crippen molar-refractivity contribution in [2.45, 2.75) is 25.8 Å². The highest BCUT2D eigenvalue weighted by Crippen LogP contribution is 2.34. The normalized spacial score (nSPS) is 11.9. The number of nitrogens with zero attached hydrogens (tertiary/aromatic N) is 2. The number of aromatic nitrogens is 2. The van der Waals surface area contributed by atoms with Gasteiger partial charge in [-0.15, -0.1) is 12.6 Å². The van der Waals surface area contributed by atoms with Crippen molar-refractivity contribution in [3.63, 3.8) is 0 Å². The van der Waals surface area contributed by atoms with Crippen LogP contribution in [0.15, 0.2) is 42.5 Å². The van der Waals surface area contributed by atoms with Crippen LogP contribution in [0.1, 0.15) is 39.6 Å². The first kappa shape index (κ1) is 22.5. The second-order valence-corrected chi connectivity index (χ2v) is 7.75. The molecule has 0 aliphatic rings. The third kappa shape index (κ3) is 5.09. The molecule has 0 N–H and O–H groups in total. The number of halogens is 3. The summed E-state index contributed by atoms with van der Waals surface area (Å²) in [5.74, 6) is -0.418. The van der Waals surface area contributed by atoms with Crippen LogP contribution < -0.4 is 4.74 Å². The van der Waals surface area contributed by atoms with E-state index in [-0.39, 0.29) is 23.9 Å². The molecule has 0 saturated heterocycles. The van der Waals surface area contributed by atoms with Crippen LogP contribution in [0.4, 0.5) is 4.39 Å². The molecule has 9 heteroatoms. The van der Waals surface area contributed by atoms with Crippen molar-refractivity contribution in [3.8, 4) is 5.75 Å². The summed E-state index contributed by atoms with van der Waals surface area (Å²) in [7, 11) is 0. The van der Waals surface area contributed by atoms with Gasteiger partial charge in [-0.25, -0.2) is 9.18 Å². The van der Waals surface area contributed by atoms with Gasteiger partial charge in [0.05, 0.1) is 11.6 Å². The Morgan fingerprint density at radius 2 is 2.00 bits per heavy atom. The van der Waals surface area contributed by atoms with E-state index in [1.54, 1.807) is 41.9 Å². The van der Waals surface area contributed by atoms with E-state index in [9.17, 15) is 9.18 Å². The fourth-order valence-electron chi connectivity index (χ4n) is 2.82. The molecular formula is C21H19Cl2FN2O3S. The first-order valence-corrected chi connectivity index (χ1v) is 10.3. The van der Waals surface area contributed by atoms with E-state index < -0.39 is 17.2 Å². The van der Waals surface area contributed by atoms with Gasteiger partial charge < -0.3 is 9.47 Å². The molecule has 3 rings (SSSR count). The predicted octanol–water partition coefficient (Wildman–Crippen LogP) is 5.87. The Morgan fingerprint density at radius 3 is 2.70 bits per heavy atom. The molecule has 1 heterocycles. The van der Waals surface area contributed by atoms with E-state index in [0.29, 0.717) is 27.6 Å². The molecule has 0 aliphatic heterocycles. The Bertz CT molecular complexity index is 1070. The Hall–Kier alpha value is -2.22. The molecule has 5 nitrogen and oxygen atoms in total. The van der Waals surface area contributed by atoms with Crippen molar-refractivity contribution < 1.29 is 18.7 Å². The summed E-state index contributed by atoms with van der Waals surface area (Å²) in [6, 6.07) is 10.9. The molecule has 0 radical (unpaired) electrons. The summed E-state index contributed by atoms with van der Waals surface area (Å²) >= 11 is 17.0. The molecule has 0 saturated carbocycles. The van der Waals surface area contributed by atoms with Gasteiger partial charge in [0.15, 0.2) is 5.69 Å². The highest BCUT2D eigenvalue weighted by Gasteiger charge is 2.21. The second kappa shape index (κ2) is 9.73. The zero-order chi connectivity index (χ0) is 21.8. The smallest absolute Gasteiger partial charge is 0.358 e. The zero-order valence-electron chi connectivity index (χ0n) is 16.2. The fourth-order valence-corrected chi connectivity index (χ4v) is 3.66. The van der Waals surface area contributed by atoms with Crippen molar-refractivity contribution in [2.24, 2.45) is 0 Å². The lowest BCUT2D eigenvalue weighted by Gasteiger charge is -2.19. The van der Waals surface area contributed by atoms with Crippen LogP contribution in [-0.4, -0.2) is 22.4 Å². The number of aryl methyl sites for hydroxylation is 1. The topological polar surface area (TPSA) is 53.4 Å². The maximum atomic E-state index is 13.3. The van der Waals surface area contributed by atoms with Gasteiger partial charge in [0.1, 0.15) is 23.5 Å². The van der Waals surface area contributed by atoms with Gasteiger partial charge in [0, 0.05) is 21.8 Å². The van der Waals surface area contributed by atoms with Crippen molar-refractivity contribution in [1.29, 1.82) is 0 Å². The Labute approximate surface area is 189 Å². The molecule has 0 amide bonds. The number of carbonyl (C=O) groups excluding carboxylic acids is 1. The van der Waals surface area contributed by atoms with Gasteiger partial charge in [0.25, 0.3) is 0 Å². The largest absolute Gasteiger partial charge is 0.488 e. The first-order valence-electron chi connectivity index (χ1n) is 9.07. The third-order valence-corrected chi connectivity index (χ3v) is 5.37. The second-order valence-electron chi connectivity index (χ2n) is 6.42. The highest BCUT2D eigenvalue weighted by molar-refractivity contribution is 7.80. The van der Waals surface area contributed by atoms with Gasteiger partial charge in [-0.1, -0.05) is 29.3 Å². The van der Waals surface area contributed by atoms with Crippen LogP contribution in [0, 0.1) is 12.7 Å². The average Bonchev–Trinajstić information content (AvgIpc) is 3.09. The van der Waals surface area contributed by atoms with E-state index >= 15 is 0 Å². The lowest BCUT2D eigenvalue weighted by molar-refractivity contribution is 0.0518. The Kier molecular flexibility index (Phi) is 7.28. The monoisotopic (exact) mass is 468 g/mol. The molecule has 3 aromatic rings. The minimum absolute atomic E-state index is 0.125.